The lowest BCUT2D eigenvalue weighted by Gasteiger charge is -2.10. The SMILES string of the molecule is Cc1ccc(Cl)c(OS(=O)(=O)c2cc(F)ccc2Cl)c1. The summed E-state index contributed by atoms with van der Waals surface area (Å²) >= 11 is 11.6. The molecule has 0 spiro atoms. The summed E-state index contributed by atoms with van der Waals surface area (Å²) in [5.74, 6) is -0.765. The maximum atomic E-state index is 13.2. The van der Waals surface area contributed by atoms with Crippen LogP contribution in [0.3, 0.4) is 0 Å². The van der Waals surface area contributed by atoms with Gasteiger partial charge in [0.2, 0.25) is 0 Å². The van der Waals surface area contributed by atoms with Crippen molar-refractivity contribution in [2.75, 3.05) is 0 Å². The summed E-state index contributed by atoms with van der Waals surface area (Å²) in [7, 11) is -4.26. The highest BCUT2D eigenvalue weighted by Crippen LogP contribution is 2.30. The Labute approximate surface area is 126 Å². The van der Waals surface area contributed by atoms with Gasteiger partial charge < -0.3 is 4.18 Å². The smallest absolute Gasteiger partial charge is 0.340 e. The molecule has 0 N–H and O–H groups in total. The predicted molar refractivity (Wildman–Crippen MR) is 75.4 cm³/mol. The second-order valence-electron chi connectivity index (χ2n) is 4.05. The zero-order chi connectivity index (χ0) is 14.9. The predicted octanol–water partition coefficient (Wildman–Crippen LogP) is 4.21. The molecule has 20 heavy (non-hydrogen) atoms. The zero-order valence-electron chi connectivity index (χ0n) is 10.2. The van der Waals surface area contributed by atoms with Crippen LogP contribution in [0.4, 0.5) is 4.39 Å². The minimum Gasteiger partial charge on any atom is -0.377 e. The zero-order valence-corrected chi connectivity index (χ0v) is 12.6. The van der Waals surface area contributed by atoms with Gasteiger partial charge in [0, 0.05) is 0 Å². The summed E-state index contributed by atoms with van der Waals surface area (Å²) < 4.78 is 42.3. The molecule has 0 saturated carbocycles. The summed E-state index contributed by atoms with van der Waals surface area (Å²) in [6, 6.07) is 7.67. The van der Waals surface area contributed by atoms with Gasteiger partial charge in [-0.15, -0.1) is 0 Å². The molecule has 0 atom stereocenters. The van der Waals surface area contributed by atoms with E-state index in [4.69, 9.17) is 27.4 Å². The fraction of sp³-hybridized carbons (Fsp3) is 0.0769. The average Bonchev–Trinajstić information content (AvgIpc) is 2.36. The number of aryl methyl sites for hydroxylation is 1. The minimum atomic E-state index is -4.26. The molecule has 0 aliphatic carbocycles. The van der Waals surface area contributed by atoms with Crippen molar-refractivity contribution in [3.63, 3.8) is 0 Å². The molecule has 2 rings (SSSR count). The molecule has 106 valence electrons. The van der Waals surface area contributed by atoms with Crippen LogP contribution < -0.4 is 4.18 Å². The normalized spacial score (nSPS) is 11.4. The second kappa shape index (κ2) is 5.60. The average molecular weight is 335 g/mol. The number of hydrogen-bond acceptors (Lipinski definition) is 3. The molecule has 0 unspecified atom stereocenters. The van der Waals surface area contributed by atoms with Gasteiger partial charge in [0.25, 0.3) is 0 Å². The van der Waals surface area contributed by atoms with Crippen LogP contribution in [0.2, 0.25) is 10.0 Å². The fourth-order valence-corrected chi connectivity index (χ4v) is 3.14. The van der Waals surface area contributed by atoms with Crippen molar-refractivity contribution < 1.29 is 17.0 Å². The molecule has 0 aliphatic heterocycles. The molecule has 0 radical (unpaired) electrons. The largest absolute Gasteiger partial charge is 0.377 e. The molecule has 2 aromatic carbocycles. The van der Waals surface area contributed by atoms with Gasteiger partial charge in [-0.3, -0.25) is 0 Å². The van der Waals surface area contributed by atoms with Crippen LogP contribution >= 0.6 is 23.2 Å². The Kier molecular flexibility index (Phi) is 4.22. The van der Waals surface area contributed by atoms with Crippen LogP contribution in [0, 0.1) is 12.7 Å². The van der Waals surface area contributed by atoms with Gasteiger partial charge in [-0.25, -0.2) is 4.39 Å². The van der Waals surface area contributed by atoms with Crippen molar-refractivity contribution in [3.05, 3.63) is 57.8 Å². The van der Waals surface area contributed by atoms with Crippen molar-refractivity contribution in [3.8, 4) is 5.75 Å². The Morgan fingerprint density at radius 3 is 2.40 bits per heavy atom. The molecule has 2 aromatic rings. The molecule has 0 bridgehead atoms. The van der Waals surface area contributed by atoms with E-state index in [1.807, 2.05) is 0 Å². The Morgan fingerprint density at radius 1 is 1.05 bits per heavy atom. The highest BCUT2D eigenvalue weighted by Gasteiger charge is 2.22. The van der Waals surface area contributed by atoms with E-state index in [2.05, 4.69) is 0 Å². The molecular formula is C13H9Cl2FO3S. The van der Waals surface area contributed by atoms with E-state index in [0.717, 1.165) is 23.8 Å². The summed E-state index contributed by atoms with van der Waals surface area (Å²) in [5.41, 5.74) is 0.768. The van der Waals surface area contributed by atoms with Gasteiger partial charge in [-0.05, 0) is 42.8 Å². The number of hydrogen-bond donors (Lipinski definition) is 0. The van der Waals surface area contributed by atoms with Crippen molar-refractivity contribution >= 4 is 33.3 Å². The van der Waals surface area contributed by atoms with Crippen molar-refractivity contribution in [1.29, 1.82) is 0 Å². The van der Waals surface area contributed by atoms with Gasteiger partial charge in [-0.1, -0.05) is 29.3 Å². The van der Waals surface area contributed by atoms with Crippen LogP contribution in [0.1, 0.15) is 5.56 Å². The summed E-state index contributed by atoms with van der Waals surface area (Å²) in [6.07, 6.45) is 0. The maximum Gasteiger partial charge on any atom is 0.340 e. The molecule has 0 saturated heterocycles. The van der Waals surface area contributed by atoms with E-state index in [1.165, 1.54) is 12.1 Å². The van der Waals surface area contributed by atoms with Crippen molar-refractivity contribution in [1.82, 2.24) is 0 Å². The summed E-state index contributed by atoms with van der Waals surface area (Å²) in [4.78, 5) is -0.447. The van der Waals surface area contributed by atoms with E-state index < -0.39 is 20.8 Å². The first-order valence-corrected chi connectivity index (χ1v) is 7.62. The summed E-state index contributed by atoms with van der Waals surface area (Å²) in [5, 5.41) is 0.00174. The number of rotatable bonds is 3. The third kappa shape index (κ3) is 3.23. The molecule has 3 nitrogen and oxygen atoms in total. The molecule has 0 aromatic heterocycles. The molecule has 0 fully saturated rings. The van der Waals surface area contributed by atoms with Crippen LogP contribution in [-0.2, 0) is 10.1 Å². The van der Waals surface area contributed by atoms with Crippen molar-refractivity contribution in [2.24, 2.45) is 0 Å². The second-order valence-corrected chi connectivity index (χ2v) is 6.38. The van der Waals surface area contributed by atoms with E-state index in [-0.39, 0.29) is 15.8 Å². The Balaban J connectivity index is 2.46. The third-order valence-corrected chi connectivity index (χ3v) is 4.48. The summed E-state index contributed by atoms with van der Waals surface area (Å²) in [6.45, 7) is 1.75. The molecule has 7 heteroatoms. The fourth-order valence-electron chi connectivity index (χ4n) is 1.51. The topological polar surface area (TPSA) is 43.4 Å². The van der Waals surface area contributed by atoms with Crippen molar-refractivity contribution in [2.45, 2.75) is 11.8 Å². The maximum absolute atomic E-state index is 13.2. The highest BCUT2D eigenvalue weighted by atomic mass is 35.5. The Hall–Kier alpha value is -1.30. The quantitative estimate of drug-likeness (QED) is 0.789. The van der Waals surface area contributed by atoms with E-state index in [9.17, 15) is 12.8 Å². The van der Waals surface area contributed by atoms with Gasteiger partial charge >= 0.3 is 10.1 Å². The van der Waals surface area contributed by atoms with Crippen LogP contribution in [0.5, 0.6) is 5.75 Å². The molecule has 0 heterocycles. The van der Waals surface area contributed by atoms with E-state index in [0.29, 0.717) is 0 Å². The lowest BCUT2D eigenvalue weighted by molar-refractivity contribution is 0.485. The lowest BCUT2D eigenvalue weighted by atomic mass is 10.2. The monoisotopic (exact) mass is 334 g/mol. The Morgan fingerprint density at radius 2 is 1.70 bits per heavy atom. The van der Waals surface area contributed by atoms with E-state index >= 15 is 0 Å². The van der Waals surface area contributed by atoms with Gasteiger partial charge in [-0.2, -0.15) is 8.42 Å². The molecular weight excluding hydrogens is 326 g/mol. The van der Waals surface area contributed by atoms with Gasteiger partial charge in [0.15, 0.2) is 5.75 Å². The van der Waals surface area contributed by atoms with Crippen LogP contribution in [0.15, 0.2) is 41.3 Å². The van der Waals surface area contributed by atoms with Gasteiger partial charge in [0.1, 0.15) is 10.7 Å². The first-order valence-electron chi connectivity index (χ1n) is 5.45. The van der Waals surface area contributed by atoms with Crippen LogP contribution in [-0.4, -0.2) is 8.42 Å². The standard InChI is InChI=1S/C13H9Cl2FO3S/c1-8-2-4-10(14)12(6-8)19-20(17,18)13-7-9(16)3-5-11(13)15/h2-7H,1H3. The van der Waals surface area contributed by atoms with Crippen LogP contribution in [0.25, 0.3) is 0 Å². The number of benzene rings is 2. The highest BCUT2D eigenvalue weighted by molar-refractivity contribution is 7.87. The minimum absolute atomic E-state index is 0.0352. The van der Waals surface area contributed by atoms with E-state index in [1.54, 1.807) is 13.0 Å². The Bertz CT molecular complexity index is 760. The molecule has 0 aliphatic rings. The molecule has 0 amide bonds. The first-order chi connectivity index (χ1) is 9.29. The lowest BCUT2D eigenvalue weighted by Crippen LogP contribution is -2.11. The third-order valence-electron chi connectivity index (χ3n) is 2.45. The van der Waals surface area contributed by atoms with Gasteiger partial charge in [0.05, 0.1) is 10.0 Å². The number of halogens is 3. The first kappa shape index (κ1) is 15.1.